The van der Waals surface area contributed by atoms with Gasteiger partial charge in [-0.2, -0.15) is 0 Å². The van der Waals surface area contributed by atoms with Gasteiger partial charge in [0, 0.05) is 17.5 Å². The lowest BCUT2D eigenvalue weighted by Crippen LogP contribution is -2.39. The Morgan fingerprint density at radius 2 is 1.95 bits per heavy atom. The van der Waals surface area contributed by atoms with Crippen LogP contribution in [0.1, 0.15) is 24.5 Å². The van der Waals surface area contributed by atoms with Gasteiger partial charge in [-0.25, -0.2) is 0 Å². The average Bonchev–Trinajstić information content (AvgIpc) is 2.46. The van der Waals surface area contributed by atoms with E-state index in [2.05, 4.69) is 10.6 Å². The van der Waals surface area contributed by atoms with Crippen LogP contribution in [-0.4, -0.2) is 30.6 Å². The average molecular weight is 319 g/mol. The van der Waals surface area contributed by atoms with Gasteiger partial charge < -0.3 is 15.7 Å². The smallest absolute Gasteiger partial charge is 0.223 e. The molecule has 6 heteroatoms. The van der Waals surface area contributed by atoms with Gasteiger partial charge in [-0.15, -0.1) is 12.4 Å². The van der Waals surface area contributed by atoms with E-state index in [1.54, 1.807) is 24.3 Å². The first-order chi connectivity index (χ1) is 9.16. The number of hydrogen-bond acceptors (Lipinski definition) is 3. The van der Waals surface area contributed by atoms with Gasteiger partial charge in [0.05, 0.1) is 6.10 Å². The number of benzene rings is 1. The topological polar surface area (TPSA) is 61.4 Å². The second-order valence-corrected chi connectivity index (χ2v) is 5.27. The SMILES string of the molecule is Cl.O=C(NCC(O)c1ccc(Cl)cc1)C1CCNCC1. The first-order valence-electron chi connectivity index (χ1n) is 6.59. The Labute approximate surface area is 130 Å². The predicted molar refractivity (Wildman–Crippen MR) is 82.3 cm³/mol. The van der Waals surface area contributed by atoms with Gasteiger partial charge in [0.25, 0.3) is 0 Å². The van der Waals surface area contributed by atoms with Crippen molar-refractivity contribution in [1.29, 1.82) is 0 Å². The largest absolute Gasteiger partial charge is 0.387 e. The normalized spacial score (nSPS) is 17.1. The van der Waals surface area contributed by atoms with E-state index in [0.29, 0.717) is 5.02 Å². The number of piperidine rings is 1. The van der Waals surface area contributed by atoms with Gasteiger partial charge in [0.2, 0.25) is 5.91 Å². The number of rotatable bonds is 4. The monoisotopic (exact) mass is 318 g/mol. The molecule has 0 aromatic heterocycles. The number of aliphatic hydroxyl groups excluding tert-OH is 1. The molecule has 1 aromatic carbocycles. The van der Waals surface area contributed by atoms with E-state index >= 15 is 0 Å². The second-order valence-electron chi connectivity index (χ2n) is 4.84. The Morgan fingerprint density at radius 1 is 1.35 bits per heavy atom. The number of nitrogens with one attached hydrogen (secondary N) is 2. The summed E-state index contributed by atoms with van der Waals surface area (Å²) in [5.74, 6) is 0.105. The molecule has 2 rings (SSSR count). The molecule has 1 aliphatic rings. The maximum absolute atomic E-state index is 11.9. The molecule has 0 bridgehead atoms. The van der Waals surface area contributed by atoms with Crippen LogP contribution in [0.25, 0.3) is 0 Å². The molecule has 1 atom stereocenters. The molecule has 0 radical (unpaired) electrons. The number of carbonyl (C=O) groups excluding carboxylic acids is 1. The molecule has 1 fully saturated rings. The highest BCUT2D eigenvalue weighted by Gasteiger charge is 2.21. The van der Waals surface area contributed by atoms with Crippen molar-refractivity contribution in [2.45, 2.75) is 18.9 Å². The lowest BCUT2D eigenvalue weighted by atomic mass is 9.97. The third kappa shape index (κ3) is 4.94. The van der Waals surface area contributed by atoms with E-state index in [1.807, 2.05) is 0 Å². The molecular formula is C14H20Cl2N2O2. The van der Waals surface area contributed by atoms with Crippen LogP contribution in [0.2, 0.25) is 5.02 Å². The van der Waals surface area contributed by atoms with E-state index < -0.39 is 6.10 Å². The molecule has 0 saturated carbocycles. The summed E-state index contributed by atoms with van der Waals surface area (Å²) in [7, 11) is 0. The van der Waals surface area contributed by atoms with Gasteiger partial charge in [-0.3, -0.25) is 4.79 Å². The van der Waals surface area contributed by atoms with Crippen molar-refractivity contribution in [3.63, 3.8) is 0 Å². The van der Waals surface area contributed by atoms with E-state index in [0.717, 1.165) is 31.5 Å². The highest BCUT2D eigenvalue weighted by atomic mass is 35.5. The summed E-state index contributed by atoms with van der Waals surface area (Å²) in [6.07, 6.45) is 1.04. The fraction of sp³-hybridized carbons (Fsp3) is 0.500. The lowest BCUT2D eigenvalue weighted by molar-refractivity contribution is -0.126. The molecule has 1 unspecified atom stereocenters. The predicted octanol–water partition coefficient (Wildman–Crippen LogP) is 1.91. The first kappa shape index (κ1) is 17.2. The Morgan fingerprint density at radius 3 is 2.55 bits per heavy atom. The molecule has 3 N–H and O–H groups in total. The van der Waals surface area contributed by atoms with Crippen molar-refractivity contribution in [1.82, 2.24) is 10.6 Å². The van der Waals surface area contributed by atoms with Crippen molar-refractivity contribution < 1.29 is 9.90 Å². The number of aliphatic hydroxyl groups is 1. The minimum Gasteiger partial charge on any atom is -0.387 e. The molecule has 0 aliphatic carbocycles. The highest BCUT2D eigenvalue weighted by molar-refractivity contribution is 6.30. The number of carbonyl (C=O) groups is 1. The van der Waals surface area contributed by atoms with Crippen LogP contribution in [0.15, 0.2) is 24.3 Å². The van der Waals surface area contributed by atoms with Crippen molar-refractivity contribution in [2.24, 2.45) is 5.92 Å². The minimum atomic E-state index is -0.692. The third-order valence-electron chi connectivity index (χ3n) is 3.43. The van der Waals surface area contributed by atoms with E-state index in [1.165, 1.54) is 0 Å². The fourth-order valence-electron chi connectivity index (χ4n) is 2.23. The van der Waals surface area contributed by atoms with Gasteiger partial charge in [0.1, 0.15) is 0 Å². The Balaban J connectivity index is 0.00000200. The van der Waals surface area contributed by atoms with Gasteiger partial charge in [0.15, 0.2) is 0 Å². The third-order valence-corrected chi connectivity index (χ3v) is 3.69. The molecule has 4 nitrogen and oxygen atoms in total. The summed E-state index contributed by atoms with van der Waals surface area (Å²) in [4.78, 5) is 11.9. The van der Waals surface area contributed by atoms with Crippen molar-refractivity contribution in [3.05, 3.63) is 34.9 Å². The molecule has 1 aromatic rings. The maximum atomic E-state index is 11.9. The summed E-state index contributed by atoms with van der Waals surface area (Å²) >= 11 is 5.79. The standard InChI is InChI=1S/C14H19ClN2O2.ClH/c15-12-3-1-10(2-4-12)13(18)9-17-14(19)11-5-7-16-8-6-11;/h1-4,11,13,16,18H,5-9H2,(H,17,19);1H. The molecule has 20 heavy (non-hydrogen) atoms. The lowest BCUT2D eigenvalue weighted by Gasteiger charge is -2.22. The fourth-order valence-corrected chi connectivity index (χ4v) is 2.35. The summed E-state index contributed by atoms with van der Waals surface area (Å²) in [6, 6.07) is 7.00. The van der Waals surface area contributed by atoms with Gasteiger partial charge >= 0.3 is 0 Å². The van der Waals surface area contributed by atoms with E-state index in [-0.39, 0.29) is 30.8 Å². The summed E-state index contributed by atoms with van der Waals surface area (Å²) < 4.78 is 0. The van der Waals surface area contributed by atoms with Crippen molar-refractivity contribution in [3.8, 4) is 0 Å². The zero-order valence-corrected chi connectivity index (χ0v) is 12.7. The maximum Gasteiger partial charge on any atom is 0.223 e. The number of halogens is 2. The van der Waals surface area contributed by atoms with Crippen LogP contribution in [0.3, 0.4) is 0 Å². The van der Waals surface area contributed by atoms with Crippen LogP contribution in [0, 0.1) is 5.92 Å². The molecule has 1 saturated heterocycles. The molecule has 112 valence electrons. The zero-order chi connectivity index (χ0) is 13.7. The van der Waals surface area contributed by atoms with Crippen LogP contribution in [-0.2, 0) is 4.79 Å². The summed E-state index contributed by atoms with van der Waals surface area (Å²) in [5, 5.41) is 16.7. The van der Waals surface area contributed by atoms with Crippen molar-refractivity contribution in [2.75, 3.05) is 19.6 Å². The number of hydrogen-bond donors (Lipinski definition) is 3. The Bertz CT molecular complexity index is 420. The molecule has 1 heterocycles. The van der Waals surface area contributed by atoms with Crippen LogP contribution in [0.5, 0.6) is 0 Å². The zero-order valence-electron chi connectivity index (χ0n) is 11.1. The molecule has 1 aliphatic heterocycles. The summed E-state index contributed by atoms with van der Waals surface area (Å²) in [5.41, 5.74) is 0.759. The van der Waals surface area contributed by atoms with Crippen LogP contribution < -0.4 is 10.6 Å². The van der Waals surface area contributed by atoms with Crippen LogP contribution in [0.4, 0.5) is 0 Å². The first-order valence-corrected chi connectivity index (χ1v) is 6.96. The minimum absolute atomic E-state index is 0. The van der Waals surface area contributed by atoms with E-state index in [4.69, 9.17) is 11.6 Å². The molecular weight excluding hydrogens is 299 g/mol. The summed E-state index contributed by atoms with van der Waals surface area (Å²) in [6.45, 7) is 2.01. The van der Waals surface area contributed by atoms with Crippen LogP contribution >= 0.6 is 24.0 Å². The van der Waals surface area contributed by atoms with Gasteiger partial charge in [-0.1, -0.05) is 23.7 Å². The Kier molecular flexibility index (Phi) is 7.30. The van der Waals surface area contributed by atoms with E-state index in [9.17, 15) is 9.90 Å². The molecule has 0 spiro atoms. The number of amides is 1. The highest BCUT2D eigenvalue weighted by Crippen LogP contribution is 2.16. The van der Waals surface area contributed by atoms with Crippen molar-refractivity contribution >= 4 is 29.9 Å². The molecule has 1 amide bonds. The van der Waals surface area contributed by atoms with Gasteiger partial charge in [-0.05, 0) is 43.6 Å². The Hall–Kier alpha value is -0.810. The second kappa shape index (κ2) is 8.47. The quantitative estimate of drug-likeness (QED) is 0.794.